The van der Waals surface area contributed by atoms with E-state index in [1.165, 1.54) is 0 Å². The van der Waals surface area contributed by atoms with Crippen molar-refractivity contribution in [2.24, 2.45) is 0 Å². The lowest BCUT2D eigenvalue weighted by Gasteiger charge is -1.98. The van der Waals surface area contributed by atoms with Crippen molar-refractivity contribution in [3.63, 3.8) is 0 Å². The highest BCUT2D eigenvalue weighted by molar-refractivity contribution is 6.02. The van der Waals surface area contributed by atoms with Crippen LogP contribution < -0.4 is 0 Å². The lowest BCUT2D eigenvalue weighted by molar-refractivity contribution is -0.134. The monoisotopic (exact) mass is 262 g/mol. The molecule has 0 saturated carbocycles. The van der Waals surface area contributed by atoms with Gasteiger partial charge in [-0.25, -0.2) is 4.79 Å². The average molecular weight is 262 g/mol. The molecule has 0 bridgehead atoms. The normalized spacial score (nSPS) is 18.5. The molecule has 2 heteroatoms. The first-order valence-corrected chi connectivity index (χ1v) is 6.53. The number of cyclic esters (lactones) is 1. The number of carbonyl (C=O) groups is 1. The maximum Gasteiger partial charge on any atom is 0.338 e. The van der Waals surface area contributed by atoms with Gasteiger partial charge in [-0.05, 0) is 23.3 Å². The van der Waals surface area contributed by atoms with Gasteiger partial charge in [0.15, 0.2) is 0 Å². The van der Waals surface area contributed by atoms with Crippen molar-refractivity contribution in [1.29, 1.82) is 0 Å². The van der Waals surface area contributed by atoms with Crippen LogP contribution in [-0.2, 0) is 9.53 Å². The Labute approximate surface area is 118 Å². The number of ether oxygens (including phenoxy) is 1. The molecule has 0 atom stereocenters. The molecule has 0 amide bonds. The predicted molar refractivity (Wildman–Crippen MR) is 79.8 cm³/mol. The Morgan fingerprint density at radius 3 is 1.95 bits per heavy atom. The summed E-state index contributed by atoms with van der Waals surface area (Å²) >= 11 is 0. The molecule has 2 aromatic carbocycles. The molecule has 0 N–H and O–H groups in total. The summed E-state index contributed by atoms with van der Waals surface area (Å²) in [4.78, 5) is 11.8. The van der Waals surface area contributed by atoms with Crippen LogP contribution in [0.5, 0.6) is 0 Å². The second-order valence-electron chi connectivity index (χ2n) is 4.63. The van der Waals surface area contributed by atoms with Crippen molar-refractivity contribution in [1.82, 2.24) is 0 Å². The van der Waals surface area contributed by atoms with Crippen LogP contribution in [0.2, 0.25) is 0 Å². The Hall–Kier alpha value is -2.61. The fourth-order valence-electron chi connectivity index (χ4n) is 2.17. The number of hydrogen-bond acceptors (Lipinski definition) is 2. The van der Waals surface area contributed by atoms with E-state index in [0.717, 1.165) is 16.7 Å². The van der Waals surface area contributed by atoms with Crippen molar-refractivity contribution < 1.29 is 9.53 Å². The number of hydrogen-bond donors (Lipinski definition) is 0. The third kappa shape index (κ3) is 2.69. The standard InChI is InChI=1S/C18H14O2/c19-18-17(12-15-9-5-2-6-10-15)16(13-20-18)11-14-7-3-1-4-8-14/h1-12H,13H2. The summed E-state index contributed by atoms with van der Waals surface area (Å²) in [5.74, 6) is -0.254. The zero-order chi connectivity index (χ0) is 13.8. The SMILES string of the molecule is O=C1OCC(=Cc2ccccc2)C1=Cc1ccccc1. The number of esters is 1. The van der Waals surface area contributed by atoms with E-state index in [9.17, 15) is 4.79 Å². The Morgan fingerprint density at radius 2 is 1.35 bits per heavy atom. The highest BCUT2D eigenvalue weighted by Crippen LogP contribution is 2.25. The van der Waals surface area contributed by atoms with Crippen LogP contribution in [0.1, 0.15) is 11.1 Å². The van der Waals surface area contributed by atoms with E-state index in [0.29, 0.717) is 12.2 Å². The minimum atomic E-state index is -0.254. The van der Waals surface area contributed by atoms with Crippen LogP contribution in [0.4, 0.5) is 0 Å². The van der Waals surface area contributed by atoms with E-state index in [2.05, 4.69) is 0 Å². The van der Waals surface area contributed by atoms with E-state index < -0.39 is 0 Å². The minimum Gasteiger partial charge on any atom is -0.457 e. The van der Waals surface area contributed by atoms with E-state index >= 15 is 0 Å². The van der Waals surface area contributed by atoms with E-state index in [1.54, 1.807) is 0 Å². The van der Waals surface area contributed by atoms with Gasteiger partial charge in [0.1, 0.15) is 6.61 Å². The molecule has 20 heavy (non-hydrogen) atoms. The molecule has 0 unspecified atom stereocenters. The second kappa shape index (κ2) is 5.57. The van der Waals surface area contributed by atoms with Gasteiger partial charge in [-0.1, -0.05) is 60.7 Å². The maximum absolute atomic E-state index is 11.8. The topological polar surface area (TPSA) is 26.3 Å². The zero-order valence-corrected chi connectivity index (χ0v) is 11.0. The van der Waals surface area contributed by atoms with Crippen LogP contribution in [0.3, 0.4) is 0 Å². The molecule has 1 saturated heterocycles. The van der Waals surface area contributed by atoms with E-state index in [4.69, 9.17) is 4.74 Å². The van der Waals surface area contributed by atoms with Crippen molar-refractivity contribution in [3.8, 4) is 0 Å². The molecular formula is C18H14O2. The third-order valence-corrected chi connectivity index (χ3v) is 3.18. The van der Waals surface area contributed by atoms with Gasteiger partial charge in [-0.3, -0.25) is 0 Å². The fraction of sp³-hybridized carbons (Fsp3) is 0.0556. The lowest BCUT2D eigenvalue weighted by atomic mass is 10.0. The highest BCUT2D eigenvalue weighted by Gasteiger charge is 2.24. The van der Waals surface area contributed by atoms with Gasteiger partial charge in [-0.15, -0.1) is 0 Å². The minimum absolute atomic E-state index is 0.254. The number of rotatable bonds is 2. The van der Waals surface area contributed by atoms with Gasteiger partial charge in [-0.2, -0.15) is 0 Å². The summed E-state index contributed by atoms with van der Waals surface area (Å²) in [5, 5.41) is 0. The Morgan fingerprint density at radius 1 is 0.800 bits per heavy atom. The molecule has 2 nitrogen and oxygen atoms in total. The average Bonchev–Trinajstić information content (AvgIpc) is 2.83. The summed E-state index contributed by atoms with van der Waals surface area (Å²) < 4.78 is 5.15. The zero-order valence-electron chi connectivity index (χ0n) is 11.0. The van der Waals surface area contributed by atoms with Crippen LogP contribution in [0, 0.1) is 0 Å². The maximum atomic E-state index is 11.8. The molecule has 1 fully saturated rings. The van der Waals surface area contributed by atoms with Crippen molar-refractivity contribution in [2.75, 3.05) is 6.61 Å². The van der Waals surface area contributed by atoms with Crippen molar-refractivity contribution in [2.45, 2.75) is 0 Å². The van der Waals surface area contributed by atoms with Crippen LogP contribution >= 0.6 is 0 Å². The summed E-state index contributed by atoms with van der Waals surface area (Å²) in [7, 11) is 0. The molecule has 1 aliphatic rings. The van der Waals surface area contributed by atoms with Crippen LogP contribution in [-0.4, -0.2) is 12.6 Å². The summed E-state index contributed by atoms with van der Waals surface area (Å²) in [5.41, 5.74) is 3.63. The van der Waals surface area contributed by atoms with Crippen LogP contribution in [0.25, 0.3) is 12.2 Å². The molecular weight excluding hydrogens is 248 g/mol. The Balaban J connectivity index is 1.97. The van der Waals surface area contributed by atoms with E-state index in [1.807, 2.05) is 72.8 Å². The van der Waals surface area contributed by atoms with Gasteiger partial charge < -0.3 is 4.74 Å². The predicted octanol–water partition coefficient (Wildman–Crippen LogP) is 3.71. The smallest absolute Gasteiger partial charge is 0.338 e. The molecule has 98 valence electrons. The van der Waals surface area contributed by atoms with Crippen molar-refractivity contribution >= 4 is 18.1 Å². The molecule has 2 aromatic rings. The first kappa shape index (κ1) is 12.4. The van der Waals surface area contributed by atoms with Gasteiger partial charge >= 0.3 is 5.97 Å². The molecule has 0 aliphatic carbocycles. The molecule has 1 heterocycles. The molecule has 0 radical (unpaired) electrons. The molecule has 1 aliphatic heterocycles. The summed E-state index contributed by atoms with van der Waals surface area (Å²) in [6.07, 6.45) is 3.88. The van der Waals surface area contributed by atoms with Gasteiger partial charge in [0.25, 0.3) is 0 Å². The lowest BCUT2D eigenvalue weighted by Crippen LogP contribution is -1.94. The summed E-state index contributed by atoms with van der Waals surface area (Å²) in [6, 6.07) is 19.7. The number of benzene rings is 2. The highest BCUT2D eigenvalue weighted by atomic mass is 16.5. The Kier molecular flexibility index (Phi) is 3.46. The third-order valence-electron chi connectivity index (χ3n) is 3.18. The van der Waals surface area contributed by atoms with Crippen LogP contribution in [0.15, 0.2) is 71.8 Å². The molecule has 0 spiro atoms. The molecule has 0 aromatic heterocycles. The summed E-state index contributed by atoms with van der Waals surface area (Å²) in [6.45, 7) is 0.340. The largest absolute Gasteiger partial charge is 0.457 e. The van der Waals surface area contributed by atoms with Gasteiger partial charge in [0.05, 0.1) is 5.57 Å². The number of carbonyl (C=O) groups excluding carboxylic acids is 1. The van der Waals surface area contributed by atoms with Gasteiger partial charge in [0, 0.05) is 5.57 Å². The first-order valence-electron chi connectivity index (χ1n) is 6.53. The first-order chi connectivity index (χ1) is 9.83. The van der Waals surface area contributed by atoms with Crippen molar-refractivity contribution in [3.05, 3.63) is 82.9 Å². The fourth-order valence-corrected chi connectivity index (χ4v) is 2.17. The van der Waals surface area contributed by atoms with E-state index in [-0.39, 0.29) is 5.97 Å². The second-order valence-corrected chi connectivity index (χ2v) is 4.63. The van der Waals surface area contributed by atoms with Gasteiger partial charge in [0.2, 0.25) is 0 Å². The molecule has 3 rings (SSSR count). The quantitative estimate of drug-likeness (QED) is 0.609. The Bertz CT molecular complexity index is 667.